The quantitative estimate of drug-likeness (QED) is 0.846. The molecule has 2 heterocycles. The number of aromatic nitrogens is 2. The molecule has 0 saturated carbocycles. The van der Waals surface area contributed by atoms with Crippen molar-refractivity contribution in [3.63, 3.8) is 0 Å². The van der Waals surface area contributed by atoms with Gasteiger partial charge in [-0.05, 0) is 18.6 Å². The van der Waals surface area contributed by atoms with Crippen molar-refractivity contribution in [3.8, 4) is 0 Å². The zero-order valence-corrected chi connectivity index (χ0v) is 12.2. The van der Waals surface area contributed by atoms with E-state index < -0.39 is 11.7 Å². The monoisotopic (exact) mass is 316 g/mol. The van der Waals surface area contributed by atoms with Gasteiger partial charge in [0.15, 0.2) is 0 Å². The van der Waals surface area contributed by atoms with E-state index in [9.17, 15) is 13.2 Å². The Morgan fingerprint density at radius 3 is 2.48 bits per heavy atom. The molecule has 2 N–H and O–H groups in total. The van der Waals surface area contributed by atoms with Gasteiger partial charge >= 0.3 is 6.18 Å². The maximum atomic E-state index is 12.9. The molecule has 0 radical (unpaired) electrons. The molecule has 0 unspecified atom stereocenters. The molecule has 0 bridgehead atoms. The van der Waals surface area contributed by atoms with Gasteiger partial charge in [0, 0.05) is 18.1 Å². The highest BCUT2D eigenvalue weighted by atomic mass is 32.1. The highest BCUT2D eigenvalue weighted by Gasteiger charge is 2.31. The van der Waals surface area contributed by atoms with E-state index in [1.165, 1.54) is 11.3 Å². The molecule has 0 aromatic carbocycles. The van der Waals surface area contributed by atoms with E-state index in [0.29, 0.717) is 13.1 Å². The number of thiazole rings is 1. The third-order valence-electron chi connectivity index (χ3n) is 2.61. The first-order valence-corrected chi connectivity index (χ1v) is 7.32. The third-order valence-corrected chi connectivity index (χ3v) is 3.39. The highest BCUT2D eigenvalue weighted by molar-refractivity contribution is 7.09. The van der Waals surface area contributed by atoms with Gasteiger partial charge in [0.2, 0.25) is 0 Å². The summed E-state index contributed by atoms with van der Waals surface area (Å²) in [7, 11) is 0. The lowest BCUT2D eigenvalue weighted by Crippen LogP contribution is -2.11. The Morgan fingerprint density at radius 2 is 1.90 bits per heavy atom. The molecule has 0 amide bonds. The number of anilines is 2. The van der Waals surface area contributed by atoms with Gasteiger partial charge in [0.05, 0.1) is 12.1 Å². The molecule has 2 aromatic heterocycles. The van der Waals surface area contributed by atoms with Gasteiger partial charge < -0.3 is 10.6 Å². The van der Waals surface area contributed by atoms with E-state index in [1.807, 2.05) is 12.3 Å². The van der Waals surface area contributed by atoms with Crippen molar-refractivity contribution in [3.05, 3.63) is 34.3 Å². The minimum absolute atomic E-state index is 0.179. The number of hydrogen-bond acceptors (Lipinski definition) is 5. The summed E-state index contributed by atoms with van der Waals surface area (Å²) in [5.74, 6) is 0.395. The molecule has 0 fully saturated rings. The summed E-state index contributed by atoms with van der Waals surface area (Å²) in [5.41, 5.74) is -0.724. The normalized spacial score (nSPS) is 11.4. The second-order valence-electron chi connectivity index (χ2n) is 4.33. The van der Waals surface area contributed by atoms with Gasteiger partial charge in [-0.2, -0.15) is 13.2 Å². The summed E-state index contributed by atoms with van der Waals surface area (Å²) in [6, 6.07) is 2.02. The zero-order chi connectivity index (χ0) is 15.3. The molecular formula is C13H15F3N4S. The van der Waals surface area contributed by atoms with Crippen LogP contribution >= 0.6 is 11.3 Å². The van der Waals surface area contributed by atoms with Crippen LogP contribution in [0.1, 0.15) is 23.9 Å². The van der Waals surface area contributed by atoms with Crippen molar-refractivity contribution in [1.82, 2.24) is 9.97 Å². The molecule has 2 rings (SSSR count). The third kappa shape index (κ3) is 4.59. The van der Waals surface area contributed by atoms with Crippen molar-refractivity contribution < 1.29 is 13.2 Å². The Bertz CT molecular complexity index is 569. The van der Waals surface area contributed by atoms with Gasteiger partial charge in [0.1, 0.15) is 16.6 Å². The topological polar surface area (TPSA) is 49.8 Å². The molecule has 114 valence electrons. The number of alkyl halides is 3. The first-order valence-electron chi connectivity index (χ1n) is 6.44. The largest absolute Gasteiger partial charge is 0.416 e. The number of hydrogen-bond donors (Lipinski definition) is 2. The summed E-state index contributed by atoms with van der Waals surface area (Å²) in [6.07, 6.45) is -1.95. The smallest absolute Gasteiger partial charge is 0.370 e. The van der Waals surface area contributed by atoms with Crippen LogP contribution in [0.3, 0.4) is 0 Å². The Hall–Kier alpha value is -1.83. The molecular weight excluding hydrogens is 301 g/mol. The number of nitrogens with zero attached hydrogens (tertiary/aromatic N) is 2. The fraction of sp³-hybridized carbons (Fsp3) is 0.385. The predicted octanol–water partition coefficient (Wildman–Crippen LogP) is 3.99. The number of nitrogens with one attached hydrogen (secondary N) is 2. The van der Waals surface area contributed by atoms with E-state index >= 15 is 0 Å². The summed E-state index contributed by atoms with van der Waals surface area (Å²) >= 11 is 1.43. The average molecular weight is 316 g/mol. The van der Waals surface area contributed by atoms with Crippen LogP contribution < -0.4 is 10.6 Å². The summed E-state index contributed by atoms with van der Waals surface area (Å²) in [4.78, 5) is 8.20. The summed E-state index contributed by atoms with van der Waals surface area (Å²) < 4.78 is 38.7. The number of rotatable bonds is 6. The Kier molecular flexibility index (Phi) is 5.00. The van der Waals surface area contributed by atoms with Crippen LogP contribution in [0.25, 0.3) is 0 Å². The highest BCUT2D eigenvalue weighted by Crippen LogP contribution is 2.32. The first kappa shape index (κ1) is 15.6. The molecule has 0 aliphatic heterocycles. The summed E-state index contributed by atoms with van der Waals surface area (Å²) in [6.45, 7) is 2.85. The molecule has 2 aromatic rings. The van der Waals surface area contributed by atoms with Crippen LogP contribution in [0.2, 0.25) is 0 Å². The second-order valence-corrected chi connectivity index (χ2v) is 5.31. The number of pyridine rings is 1. The van der Waals surface area contributed by atoms with Crippen LogP contribution in [0.4, 0.5) is 24.8 Å². The van der Waals surface area contributed by atoms with Gasteiger partial charge in [-0.1, -0.05) is 6.92 Å². The van der Waals surface area contributed by atoms with E-state index in [4.69, 9.17) is 0 Å². The Balaban J connectivity index is 2.17. The van der Waals surface area contributed by atoms with Gasteiger partial charge in [-0.15, -0.1) is 11.3 Å². The van der Waals surface area contributed by atoms with Crippen molar-refractivity contribution in [2.24, 2.45) is 0 Å². The van der Waals surface area contributed by atoms with Crippen LogP contribution in [0, 0.1) is 0 Å². The second kappa shape index (κ2) is 6.75. The Labute approximate surface area is 124 Å². The lowest BCUT2D eigenvalue weighted by molar-refractivity contribution is -0.137. The lowest BCUT2D eigenvalue weighted by Gasteiger charge is -2.13. The lowest BCUT2D eigenvalue weighted by atomic mass is 10.2. The van der Waals surface area contributed by atoms with Crippen LogP contribution in [0.15, 0.2) is 23.7 Å². The average Bonchev–Trinajstić information content (AvgIpc) is 2.95. The molecule has 0 atom stereocenters. The van der Waals surface area contributed by atoms with Gasteiger partial charge in [0.25, 0.3) is 0 Å². The van der Waals surface area contributed by atoms with Crippen molar-refractivity contribution >= 4 is 23.0 Å². The minimum Gasteiger partial charge on any atom is -0.370 e. The van der Waals surface area contributed by atoms with Crippen molar-refractivity contribution in [1.29, 1.82) is 0 Å². The fourth-order valence-corrected chi connectivity index (χ4v) is 2.19. The van der Waals surface area contributed by atoms with E-state index in [-0.39, 0.29) is 11.6 Å². The molecule has 0 aliphatic carbocycles. The molecule has 21 heavy (non-hydrogen) atoms. The molecule has 8 heteroatoms. The van der Waals surface area contributed by atoms with E-state index in [1.54, 1.807) is 6.20 Å². The van der Waals surface area contributed by atoms with Crippen LogP contribution in [-0.4, -0.2) is 16.5 Å². The maximum Gasteiger partial charge on any atom is 0.416 e. The summed E-state index contributed by atoms with van der Waals surface area (Å²) in [5, 5.41) is 8.35. The van der Waals surface area contributed by atoms with Gasteiger partial charge in [-0.25, -0.2) is 9.97 Å². The predicted molar refractivity (Wildman–Crippen MR) is 77.5 cm³/mol. The fourth-order valence-electron chi connectivity index (χ4n) is 1.63. The van der Waals surface area contributed by atoms with E-state index in [0.717, 1.165) is 23.6 Å². The number of halogens is 3. The maximum absolute atomic E-state index is 12.9. The molecule has 4 nitrogen and oxygen atoms in total. The van der Waals surface area contributed by atoms with Crippen molar-refractivity contribution in [2.45, 2.75) is 26.1 Å². The molecule has 0 spiro atoms. The first-order chi connectivity index (χ1) is 9.99. The minimum atomic E-state index is -4.40. The van der Waals surface area contributed by atoms with Crippen LogP contribution in [0.5, 0.6) is 0 Å². The van der Waals surface area contributed by atoms with Crippen molar-refractivity contribution in [2.75, 3.05) is 17.2 Å². The van der Waals surface area contributed by atoms with E-state index in [2.05, 4.69) is 20.6 Å². The molecule has 0 saturated heterocycles. The molecule has 0 aliphatic rings. The standard InChI is InChI=1S/C13H15F3N4S/c1-2-3-17-10-6-9(13(14,15)16)7-11(20-10)19-8-12-18-4-5-21-12/h4-7H,2-3,8H2,1H3,(H2,17,19,20). The van der Waals surface area contributed by atoms with Gasteiger partial charge in [-0.3, -0.25) is 0 Å². The SMILES string of the molecule is CCCNc1cc(C(F)(F)F)cc(NCc2nccs2)n1. The Morgan fingerprint density at radius 1 is 1.19 bits per heavy atom. The van der Waals surface area contributed by atoms with Crippen LogP contribution in [-0.2, 0) is 12.7 Å². The zero-order valence-electron chi connectivity index (χ0n) is 11.4.